The zero-order valence-corrected chi connectivity index (χ0v) is 11.8. The molecule has 0 heterocycles. The molecule has 0 aliphatic rings. The number of rotatable bonds is 11. The second kappa shape index (κ2) is 11.4. The molecule has 0 bridgehead atoms. The van der Waals surface area contributed by atoms with Gasteiger partial charge >= 0.3 is 0 Å². The SMILES string of the molecule is CCCCCC(C)NCCCCNC(C)C. The minimum Gasteiger partial charge on any atom is -0.315 e. The third-order valence-corrected chi connectivity index (χ3v) is 2.89. The molecular weight excluding hydrogens is 196 g/mol. The Balaban J connectivity index is 3.12. The summed E-state index contributed by atoms with van der Waals surface area (Å²) in [5.74, 6) is 0. The van der Waals surface area contributed by atoms with Crippen LogP contribution in [0.25, 0.3) is 0 Å². The molecule has 16 heavy (non-hydrogen) atoms. The highest BCUT2D eigenvalue weighted by atomic mass is 14.9. The fraction of sp³-hybridized carbons (Fsp3) is 1.00. The van der Waals surface area contributed by atoms with Gasteiger partial charge in [-0.3, -0.25) is 0 Å². The molecule has 1 atom stereocenters. The standard InChI is InChI=1S/C14H32N2/c1-5-6-7-10-14(4)16-12-9-8-11-15-13(2)3/h13-16H,5-12H2,1-4H3. The molecule has 0 spiro atoms. The van der Waals surface area contributed by atoms with Gasteiger partial charge in [0.25, 0.3) is 0 Å². The van der Waals surface area contributed by atoms with Crippen LogP contribution in [0.5, 0.6) is 0 Å². The largest absolute Gasteiger partial charge is 0.315 e. The maximum Gasteiger partial charge on any atom is 0.00387 e. The molecule has 1 unspecified atom stereocenters. The summed E-state index contributed by atoms with van der Waals surface area (Å²) in [6.45, 7) is 11.3. The van der Waals surface area contributed by atoms with Gasteiger partial charge < -0.3 is 10.6 Å². The number of hydrogen-bond acceptors (Lipinski definition) is 2. The van der Waals surface area contributed by atoms with Crippen LogP contribution in [-0.2, 0) is 0 Å². The molecule has 0 radical (unpaired) electrons. The molecule has 0 rings (SSSR count). The van der Waals surface area contributed by atoms with E-state index in [9.17, 15) is 0 Å². The van der Waals surface area contributed by atoms with Crippen LogP contribution < -0.4 is 10.6 Å². The predicted octanol–water partition coefficient (Wildman–Crippen LogP) is 3.32. The topological polar surface area (TPSA) is 24.1 Å². The van der Waals surface area contributed by atoms with E-state index in [-0.39, 0.29) is 0 Å². The van der Waals surface area contributed by atoms with E-state index in [1.54, 1.807) is 0 Å². The maximum absolute atomic E-state index is 3.60. The first-order chi connectivity index (χ1) is 7.66. The molecule has 2 nitrogen and oxygen atoms in total. The second-order valence-electron chi connectivity index (χ2n) is 5.17. The van der Waals surface area contributed by atoms with Crippen LogP contribution in [0.1, 0.15) is 66.2 Å². The highest BCUT2D eigenvalue weighted by Crippen LogP contribution is 2.02. The zero-order chi connectivity index (χ0) is 12.2. The summed E-state index contributed by atoms with van der Waals surface area (Å²) in [6, 6.07) is 1.32. The van der Waals surface area contributed by atoms with Gasteiger partial charge in [-0.1, -0.05) is 40.0 Å². The van der Waals surface area contributed by atoms with Crippen LogP contribution in [-0.4, -0.2) is 25.2 Å². The van der Waals surface area contributed by atoms with E-state index in [0.717, 1.165) is 6.54 Å². The van der Waals surface area contributed by atoms with Gasteiger partial charge in [-0.25, -0.2) is 0 Å². The van der Waals surface area contributed by atoms with E-state index >= 15 is 0 Å². The van der Waals surface area contributed by atoms with Gasteiger partial charge in [0.1, 0.15) is 0 Å². The van der Waals surface area contributed by atoms with E-state index in [1.807, 2.05) is 0 Å². The summed E-state index contributed by atoms with van der Waals surface area (Å²) in [5.41, 5.74) is 0. The molecule has 0 saturated heterocycles. The molecule has 98 valence electrons. The third-order valence-electron chi connectivity index (χ3n) is 2.89. The van der Waals surface area contributed by atoms with Crippen molar-refractivity contribution in [3.63, 3.8) is 0 Å². The van der Waals surface area contributed by atoms with Crippen molar-refractivity contribution in [2.45, 2.75) is 78.3 Å². The first-order valence-corrected chi connectivity index (χ1v) is 7.13. The van der Waals surface area contributed by atoms with Crippen molar-refractivity contribution in [1.29, 1.82) is 0 Å². The van der Waals surface area contributed by atoms with Gasteiger partial charge in [-0.15, -0.1) is 0 Å². The van der Waals surface area contributed by atoms with E-state index in [0.29, 0.717) is 12.1 Å². The highest BCUT2D eigenvalue weighted by Gasteiger charge is 1.99. The minimum atomic E-state index is 0.626. The van der Waals surface area contributed by atoms with Gasteiger partial charge in [-0.2, -0.15) is 0 Å². The molecule has 0 fully saturated rings. The summed E-state index contributed by atoms with van der Waals surface area (Å²) < 4.78 is 0. The Hall–Kier alpha value is -0.0800. The van der Waals surface area contributed by atoms with Crippen molar-refractivity contribution >= 4 is 0 Å². The number of unbranched alkanes of at least 4 members (excludes halogenated alkanes) is 3. The third kappa shape index (κ3) is 12.0. The van der Waals surface area contributed by atoms with Crippen molar-refractivity contribution in [1.82, 2.24) is 10.6 Å². The van der Waals surface area contributed by atoms with Crippen molar-refractivity contribution in [2.24, 2.45) is 0 Å². The molecule has 0 aliphatic carbocycles. The van der Waals surface area contributed by atoms with Crippen LogP contribution in [0.3, 0.4) is 0 Å². The van der Waals surface area contributed by atoms with E-state index in [2.05, 4.69) is 38.3 Å². The lowest BCUT2D eigenvalue weighted by atomic mass is 10.1. The van der Waals surface area contributed by atoms with Crippen LogP contribution >= 0.6 is 0 Å². The van der Waals surface area contributed by atoms with Gasteiger partial charge in [0.2, 0.25) is 0 Å². The highest BCUT2D eigenvalue weighted by molar-refractivity contribution is 4.61. The quantitative estimate of drug-likeness (QED) is 0.530. The molecule has 0 aromatic carbocycles. The fourth-order valence-electron chi connectivity index (χ4n) is 1.79. The first kappa shape index (κ1) is 15.9. The van der Waals surface area contributed by atoms with Crippen LogP contribution in [0.4, 0.5) is 0 Å². The van der Waals surface area contributed by atoms with Crippen LogP contribution in [0.2, 0.25) is 0 Å². The van der Waals surface area contributed by atoms with E-state index in [4.69, 9.17) is 0 Å². The molecule has 2 N–H and O–H groups in total. The normalized spacial score (nSPS) is 13.3. The smallest absolute Gasteiger partial charge is 0.00387 e. The van der Waals surface area contributed by atoms with Crippen molar-refractivity contribution in [2.75, 3.05) is 13.1 Å². The van der Waals surface area contributed by atoms with Crippen LogP contribution in [0, 0.1) is 0 Å². The van der Waals surface area contributed by atoms with Crippen molar-refractivity contribution in [3.8, 4) is 0 Å². The minimum absolute atomic E-state index is 0.626. The van der Waals surface area contributed by atoms with Gasteiger partial charge in [0.15, 0.2) is 0 Å². The monoisotopic (exact) mass is 228 g/mol. The van der Waals surface area contributed by atoms with E-state index < -0.39 is 0 Å². The Kier molecular flexibility index (Phi) is 11.3. The Morgan fingerprint density at radius 1 is 0.812 bits per heavy atom. The van der Waals surface area contributed by atoms with E-state index in [1.165, 1.54) is 45.1 Å². The maximum atomic E-state index is 3.60. The molecule has 0 aliphatic heterocycles. The number of hydrogen-bond donors (Lipinski definition) is 2. The lowest BCUT2D eigenvalue weighted by molar-refractivity contribution is 0.470. The summed E-state index contributed by atoms with van der Waals surface area (Å²) >= 11 is 0. The first-order valence-electron chi connectivity index (χ1n) is 7.13. The Labute approximate surface area is 103 Å². The predicted molar refractivity (Wildman–Crippen MR) is 74.0 cm³/mol. The van der Waals surface area contributed by atoms with Crippen LogP contribution in [0.15, 0.2) is 0 Å². The summed E-state index contributed by atoms with van der Waals surface area (Å²) in [5, 5.41) is 7.05. The van der Waals surface area contributed by atoms with Gasteiger partial charge in [-0.05, 0) is 39.3 Å². The Morgan fingerprint density at radius 2 is 1.44 bits per heavy atom. The molecule has 0 aromatic heterocycles. The molecule has 0 amide bonds. The fourth-order valence-corrected chi connectivity index (χ4v) is 1.79. The Bertz CT molecular complexity index is 135. The van der Waals surface area contributed by atoms with Crippen molar-refractivity contribution in [3.05, 3.63) is 0 Å². The molecular formula is C14H32N2. The molecule has 0 aromatic rings. The van der Waals surface area contributed by atoms with Gasteiger partial charge in [0, 0.05) is 12.1 Å². The summed E-state index contributed by atoms with van der Waals surface area (Å²) in [7, 11) is 0. The lowest BCUT2D eigenvalue weighted by Crippen LogP contribution is -2.28. The number of nitrogens with one attached hydrogen (secondary N) is 2. The lowest BCUT2D eigenvalue weighted by Gasteiger charge is -2.13. The van der Waals surface area contributed by atoms with Gasteiger partial charge in [0.05, 0.1) is 0 Å². The van der Waals surface area contributed by atoms with Crippen molar-refractivity contribution < 1.29 is 0 Å². The second-order valence-corrected chi connectivity index (χ2v) is 5.17. The molecule has 0 saturated carbocycles. The summed E-state index contributed by atoms with van der Waals surface area (Å²) in [4.78, 5) is 0. The average Bonchev–Trinajstić information content (AvgIpc) is 2.23. The molecule has 2 heteroatoms. The Morgan fingerprint density at radius 3 is 2.00 bits per heavy atom. The summed E-state index contributed by atoms with van der Waals surface area (Å²) in [6.07, 6.45) is 7.99. The average molecular weight is 228 g/mol. The zero-order valence-electron chi connectivity index (χ0n) is 11.8.